The van der Waals surface area contributed by atoms with Gasteiger partial charge in [-0.25, -0.2) is 4.98 Å². The van der Waals surface area contributed by atoms with E-state index in [9.17, 15) is 4.79 Å². The molecule has 8 heteroatoms. The van der Waals surface area contributed by atoms with E-state index in [4.69, 9.17) is 20.9 Å². The Balaban J connectivity index is 1.57. The molecule has 3 heterocycles. The van der Waals surface area contributed by atoms with Gasteiger partial charge in [0.05, 0.1) is 10.7 Å². The second-order valence-electron chi connectivity index (χ2n) is 5.62. The molecule has 3 aromatic heterocycles. The smallest absolute Gasteiger partial charge is 0.418 e. The van der Waals surface area contributed by atoms with Gasteiger partial charge in [-0.05, 0) is 30.7 Å². The van der Waals surface area contributed by atoms with Crippen LogP contribution >= 0.6 is 11.6 Å². The largest absolute Gasteiger partial charge is 0.442 e. The zero-order valence-corrected chi connectivity index (χ0v) is 14.5. The van der Waals surface area contributed by atoms with Crippen LogP contribution in [0.3, 0.4) is 0 Å². The average molecular weight is 369 g/mol. The molecule has 0 spiro atoms. The summed E-state index contributed by atoms with van der Waals surface area (Å²) >= 11 is 6.12. The van der Waals surface area contributed by atoms with Crippen LogP contribution in [0.4, 0.5) is 0 Å². The van der Waals surface area contributed by atoms with Crippen molar-refractivity contribution in [3.8, 4) is 17.5 Å². The summed E-state index contributed by atoms with van der Waals surface area (Å²) in [6.07, 6.45) is 1.66. The van der Waals surface area contributed by atoms with Gasteiger partial charge in [0.25, 0.3) is 5.56 Å². The van der Waals surface area contributed by atoms with Crippen molar-refractivity contribution in [3.05, 3.63) is 75.3 Å². The fraction of sp³-hybridized carbons (Fsp3) is 0.111. The summed E-state index contributed by atoms with van der Waals surface area (Å²) in [7, 11) is 0. The molecule has 0 unspecified atom stereocenters. The summed E-state index contributed by atoms with van der Waals surface area (Å²) in [5.41, 5.74) is 2.41. The van der Waals surface area contributed by atoms with Gasteiger partial charge >= 0.3 is 6.08 Å². The highest BCUT2D eigenvalue weighted by atomic mass is 35.5. The molecule has 4 rings (SSSR count). The fourth-order valence-corrected chi connectivity index (χ4v) is 2.76. The van der Waals surface area contributed by atoms with Crippen LogP contribution < -0.4 is 10.3 Å². The summed E-state index contributed by atoms with van der Waals surface area (Å²) in [5, 5.41) is 4.37. The number of benzene rings is 1. The van der Waals surface area contributed by atoms with Crippen molar-refractivity contribution >= 4 is 17.2 Å². The number of ether oxygens (including phenoxy) is 1. The van der Waals surface area contributed by atoms with Gasteiger partial charge in [0, 0.05) is 17.8 Å². The second-order valence-corrected chi connectivity index (χ2v) is 6.03. The molecule has 26 heavy (non-hydrogen) atoms. The Hall–Kier alpha value is -3.19. The molecule has 0 saturated carbocycles. The highest BCUT2D eigenvalue weighted by Gasteiger charge is 2.13. The first-order valence-electron chi connectivity index (χ1n) is 7.81. The summed E-state index contributed by atoms with van der Waals surface area (Å²) < 4.78 is 12.1. The average Bonchev–Trinajstić information content (AvgIpc) is 3.10. The Morgan fingerprint density at radius 2 is 2.04 bits per heavy atom. The van der Waals surface area contributed by atoms with Crippen LogP contribution in [0.1, 0.15) is 11.3 Å². The topological polar surface area (TPSA) is 82.5 Å². The van der Waals surface area contributed by atoms with E-state index in [-0.39, 0.29) is 18.2 Å². The molecule has 0 saturated heterocycles. The summed E-state index contributed by atoms with van der Waals surface area (Å²) in [5.74, 6) is 0.327. The molecule has 0 aliphatic rings. The minimum Gasteiger partial charge on any atom is -0.442 e. The van der Waals surface area contributed by atoms with Crippen LogP contribution in [0.25, 0.3) is 17.0 Å². The quantitative estimate of drug-likeness (QED) is 0.549. The van der Waals surface area contributed by atoms with Crippen molar-refractivity contribution in [2.75, 3.05) is 0 Å². The molecule has 0 aliphatic heterocycles. The first-order valence-corrected chi connectivity index (χ1v) is 8.19. The monoisotopic (exact) mass is 368 g/mol. The van der Waals surface area contributed by atoms with Crippen molar-refractivity contribution in [3.63, 3.8) is 0 Å². The Kier molecular flexibility index (Phi) is 4.14. The highest BCUT2D eigenvalue weighted by molar-refractivity contribution is 6.33. The Morgan fingerprint density at radius 1 is 1.19 bits per heavy atom. The number of fused-ring (bicyclic) bond motifs is 1. The number of aryl methyl sites for hydroxylation is 1. The van der Waals surface area contributed by atoms with Gasteiger partial charge in [0.2, 0.25) is 5.82 Å². The molecule has 0 aliphatic carbocycles. The lowest BCUT2D eigenvalue weighted by atomic mass is 10.2. The van der Waals surface area contributed by atoms with Crippen LogP contribution in [-0.2, 0) is 6.61 Å². The van der Waals surface area contributed by atoms with Gasteiger partial charge in [-0.15, -0.1) is 0 Å². The number of nitrogens with zero attached hydrogens (tertiary/aromatic N) is 4. The molecule has 1 aromatic carbocycles. The number of hydrogen-bond acceptors (Lipinski definition) is 6. The van der Waals surface area contributed by atoms with Crippen molar-refractivity contribution in [2.45, 2.75) is 13.5 Å². The Morgan fingerprint density at radius 3 is 2.88 bits per heavy atom. The molecule has 0 amide bonds. The summed E-state index contributed by atoms with van der Waals surface area (Å²) in [4.78, 5) is 20.8. The number of halogens is 1. The third kappa shape index (κ3) is 3.04. The van der Waals surface area contributed by atoms with E-state index >= 15 is 0 Å². The number of hydrogen-bond donors (Lipinski definition) is 0. The number of rotatable bonds is 4. The molecular formula is C18H13ClN4O3. The first kappa shape index (κ1) is 16.3. The number of pyridine rings is 1. The van der Waals surface area contributed by atoms with Gasteiger partial charge in [0.1, 0.15) is 12.3 Å². The maximum absolute atomic E-state index is 12.2. The lowest BCUT2D eigenvalue weighted by Crippen LogP contribution is -2.17. The van der Waals surface area contributed by atoms with E-state index in [2.05, 4.69) is 15.1 Å². The van der Waals surface area contributed by atoms with E-state index < -0.39 is 0 Å². The van der Waals surface area contributed by atoms with Crippen molar-refractivity contribution in [1.29, 1.82) is 0 Å². The SMILES string of the molecule is Cc1cccn2c(=O)cc(COc3nc(-c4ccccc4Cl)no3)nc12. The molecule has 7 nitrogen and oxygen atoms in total. The second kappa shape index (κ2) is 6.61. The summed E-state index contributed by atoms with van der Waals surface area (Å²) in [6, 6.07) is 12.3. The van der Waals surface area contributed by atoms with Crippen molar-refractivity contribution < 1.29 is 9.26 Å². The molecular weight excluding hydrogens is 356 g/mol. The van der Waals surface area contributed by atoms with Gasteiger partial charge in [-0.2, -0.15) is 4.98 Å². The normalized spacial score (nSPS) is 11.0. The van der Waals surface area contributed by atoms with Crippen LogP contribution in [0.5, 0.6) is 6.08 Å². The maximum Gasteiger partial charge on any atom is 0.418 e. The lowest BCUT2D eigenvalue weighted by Gasteiger charge is -2.05. The third-order valence-electron chi connectivity index (χ3n) is 3.80. The minimum atomic E-state index is -0.181. The van der Waals surface area contributed by atoms with Crippen LogP contribution in [0.2, 0.25) is 5.02 Å². The standard InChI is InChI=1S/C18H13ClN4O3/c1-11-5-4-8-23-15(24)9-12(20-17(11)23)10-25-18-21-16(22-26-18)13-6-2-3-7-14(13)19/h2-9H,10H2,1H3. The van der Waals surface area contributed by atoms with Crippen LogP contribution in [0, 0.1) is 6.92 Å². The molecule has 0 fully saturated rings. The van der Waals surface area contributed by atoms with Gasteiger partial charge in [0.15, 0.2) is 0 Å². The minimum absolute atomic E-state index is 0.0216. The zero-order chi connectivity index (χ0) is 18.1. The molecule has 0 atom stereocenters. The predicted octanol–water partition coefficient (Wildman–Crippen LogP) is 3.29. The predicted molar refractivity (Wildman–Crippen MR) is 95.3 cm³/mol. The maximum atomic E-state index is 12.2. The summed E-state index contributed by atoms with van der Waals surface area (Å²) in [6.45, 7) is 1.92. The molecule has 4 aromatic rings. The Labute approximate surface area is 152 Å². The van der Waals surface area contributed by atoms with E-state index in [0.29, 0.717) is 27.8 Å². The third-order valence-corrected chi connectivity index (χ3v) is 4.13. The van der Waals surface area contributed by atoms with Crippen molar-refractivity contribution in [1.82, 2.24) is 19.5 Å². The van der Waals surface area contributed by atoms with Gasteiger partial charge < -0.3 is 4.74 Å². The van der Waals surface area contributed by atoms with Crippen LogP contribution in [-0.4, -0.2) is 19.5 Å². The lowest BCUT2D eigenvalue weighted by molar-refractivity contribution is 0.193. The zero-order valence-electron chi connectivity index (χ0n) is 13.7. The fourth-order valence-electron chi connectivity index (χ4n) is 2.54. The Bertz CT molecular complexity index is 1150. The molecule has 0 radical (unpaired) electrons. The van der Waals surface area contributed by atoms with Gasteiger partial charge in [-0.1, -0.05) is 35.0 Å². The first-order chi connectivity index (χ1) is 12.6. The molecule has 130 valence electrons. The van der Waals surface area contributed by atoms with Gasteiger partial charge in [-0.3, -0.25) is 13.7 Å². The van der Waals surface area contributed by atoms with E-state index in [1.54, 1.807) is 24.4 Å². The van der Waals surface area contributed by atoms with E-state index in [0.717, 1.165) is 5.56 Å². The highest BCUT2D eigenvalue weighted by Crippen LogP contribution is 2.26. The number of aromatic nitrogens is 4. The molecule has 0 N–H and O–H groups in total. The van der Waals surface area contributed by atoms with Crippen LogP contribution in [0.15, 0.2) is 58.0 Å². The van der Waals surface area contributed by atoms with E-state index in [1.807, 2.05) is 25.1 Å². The van der Waals surface area contributed by atoms with E-state index in [1.165, 1.54) is 10.5 Å². The van der Waals surface area contributed by atoms with Crippen molar-refractivity contribution in [2.24, 2.45) is 0 Å². The molecule has 0 bridgehead atoms.